The first-order valence-corrected chi connectivity index (χ1v) is 32.0. The van der Waals surface area contributed by atoms with E-state index in [2.05, 4.69) is 36.6 Å². The van der Waals surface area contributed by atoms with Crippen LogP contribution in [0.15, 0.2) is 134 Å². The average Bonchev–Trinajstić information content (AvgIpc) is 1.68. The number of hydrogen-bond donors (Lipinski definition) is 5. The fourth-order valence-electron chi connectivity index (χ4n) is 9.97. The summed E-state index contributed by atoms with van der Waals surface area (Å²) < 4.78 is 93.1. The van der Waals surface area contributed by atoms with Crippen LogP contribution in [-0.4, -0.2) is 91.5 Å². The zero-order valence-electron chi connectivity index (χ0n) is 49.7. The van der Waals surface area contributed by atoms with Gasteiger partial charge in [0.25, 0.3) is 0 Å². The van der Waals surface area contributed by atoms with E-state index in [9.17, 15) is 32.8 Å². The number of aromatic nitrogens is 2. The first-order chi connectivity index (χ1) is 44.1. The van der Waals surface area contributed by atoms with E-state index in [4.69, 9.17) is 28.4 Å². The number of amides is 5. The van der Waals surface area contributed by atoms with Crippen molar-refractivity contribution in [1.29, 1.82) is 0 Å². The normalized spacial score (nSPS) is 13.3. The summed E-state index contributed by atoms with van der Waals surface area (Å²) in [6.45, 7) is 1.72. The van der Waals surface area contributed by atoms with Crippen LogP contribution >= 0.6 is 21.6 Å². The number of ether oxygens (including phenoxy) is 6. The van der Waals surface area contributed by atoms with Crippen LogP contribution in [0, 0.1) is 28.7 Å². The Hall–Kier alpha value is -9.29. The molecule has 0 saturated heterocycles. The Kier molecular flexibility index (Phi) is 21.3. The van der Waals surface area contributed by atoms with Crippen molar-refractivity contribution in [3.63, 3.8) is 0 Å². The van der Waals surface area contributed by atoms with E-state index >= 15 is 8.78 Å². The molecule has 18 nitrogen and oxygen atoms in total. The van der Waals surface area contributed by atoms with Crippen molar-refractivity contribution >= 4 is 90.0 Å². The molecule has 474 valence electrons. The van der Waals surface area contributed by atoms with Crippen molar-refractivity contribution in [2.45, 2.75) is 69.6 Å². The highest BCUT2D eigenvalue weighted by Gasteiger charge is 2.56. The summed E-state index contributed by atoms with van der Waals surface area (Å²) in [5.74, 6) is -1.35. The molecule has 0 bridgehead atoms. The number of carbonyl (C=O) groups is 5. The van der Waals surface area contributed by atoms with Gasteiger partial charge in [0, 0.05) is 77.6 Å². The number of nitrogens with zero attached hydrogens (tertiary/aromatic N) is 2. The summed E-state index contributed by atoms with van der Waals surface area (Å²) >= 11 is 0. The Balaban J connectivity index is 0.567. The molecule has 10 rings (SSSR count). The van der Waals surface area contributed by atoms with Crippen LogP contribution in [0.5, 0.6) is 46.0 Å². The van der Waals surface area contributed by atoms with Gasteiger partial charge >= 0.3 is 0 Å². The van der Waals surface area contributed by atoms with E-state index in [-0.39, 0.29) is 57.9 Å². The molecule has 24 heteroatoms. The number of carbonyl (C=O) groups excluding carboxylic acids is 5. The molecule has 0 radical (unpaired) electrons. The molecule has 2 aliphatic carbocycles. The molecular formula is C67H65F4N7O11S2. The Morgan fingerprint density at radius 3 is 1.34 bits per heavy atom. The summed E-state index contributed by atoms with van der Waals surface area (Å²) in [6, 6.07) is 29.2. The van der Waals surface area contributed by atoms with E-state index in [1.165, 1.54) is 103 Å². The second-order valence-corrected chi connectivity index (χ2v) is 24.2. The fourth-order valence-corrected chi connectivity index (χ4v) is 11.7. The third-order valence-corrected chi connectivity index (χ3v) is 17.5. The third kappa shape index (κ3) is 16.6. The number of rotatable bonds is 32. The van der Waals surface area contributed by atoms with E-state index in [0.29, 0.717) is 132 Å². The lowest BCUT2D eigenvalue weighted by Gasteiger charge is -2.17. The Labute approximate surface area is 529 Å². The second-order valence-electron chi connectivity index (χ2n) is 21.7. The van der Waals surface area contributed by atoms with E-state index in [0.717, 1.165) is 31.7 Å². The summed E-state index contributed by atoms with van der Waals surface area (Å²) in [5, 5.41) is 15.0. The van der Waals surface area contributed by atoms with Gasteiger partial charge in [-0.2, -0.15) is 0 Å². The maximum Gasteiger partial charge on any atom is 0.240 e. The van der Waals surface area contributed by atoms with Gasteiger partial charge in [0.05, 0.1) is 55.4 Å². The molecule has 5 N–H and O–H groups in total. The highest BCUT2D eigenvalue weighted by Crippen LogP contribution is 2.50. The van der Waals surface area contributed by atoms with Gasteiger partial charge < -0.3 is 55.0 Å². The predicted molar refractivity (Wildman–Crippen MR) is 340 cm³/mol. The molecule has 0 unspecified atom stereocenters. The Morgan fingerprint density at radius 1 is 0.462 bits per heavy atom. The molecule has 2 heterocycles. The number of benzene rings is 6. The number of hydrogen-bond acceptors (Lipinski definition) is 15. The first-order valence-electron chi connectivity index (χ1n) is 29.5. The summed E-state index contributed by atoms with van der Waals surface area (Å²) in [4.78, 5) is 73.3. The van der Waals surface area contributed by atoms with E-state index in [1.807, 2.05) is 0 Å². The molecule has 2 aliphatic rings. The largest absolute Gasteiger partial charge is 0.493 e. The number of fused-ring (bicyclic) bond motifs is 2. The lowest BCUT2D eigenvalue weighted by molar-refractivity contribution is -0.131. The van der Waals surface area contributed by atoms with Crippen molar-refractivity contribution in [3.05, 3.63) is 163 Å². The van der Waals surface area contributed by atoms with Gasteiger partial charge in [-0.25, -0.2) is 17.6 Å². The topological polar surface area (TPSA) is 227 Å². The average molecular weight is 1280 g/mol. The predicted octanol–water partition coefficient (Wildman–Crippen LogP) is 13.4. The number of anilines is 3. The summed E-state index contributed by atoms with van der Waals surface area (Å²) in [6.07, 6.45) is 9.31. The van der Waals surface area contributed by atoms with Gasteiger partial charge in [-0.15, -0.1) is 0 Å². The van der Waals surface area contributed by atoms with Crippen molar-refractivity contribution in [3.8, 4) is 46.0 Å². The van der Waals surface area contributed by atoms with Gasteiger partial charge in [0.1, 0.15) is 28.5 Å². The minimum Gasteiger partial charge on any atom is -0.493 e. The maximum absolute atomic E-state index is 15.5. The number of unbranched alkanes of at least 4 members (excludes halogenated alkanes) is 4. The van der Waals surface area contributed by atoms with Crippen LogP contribution in [0.1, 0.15) is 69.8 Å². The minimum atomic E-state index is -1.32. The molecule has 0 aliphatic heterocycles. The number of methoxy groups -OCH3 is 2. The van der Waals surface area contributed by atoms with Crippen molar-refractivity contribution in [2.24, 2.45) is 5.41 Å². The third-order valence-electron chi connectivity index (χ3n) is 15.4. The van der Waals surface area contributed by atoms with Crippen LogP contribution < -0.4 is 55.0 Å². The standard InChI is InChI=1S/C67H65F4N7O11S2/c1-84-57-35-47-51(72-29-21-53(47)88-55-19-17-45(33-49(55)70)77-63(81)66(23-24-66)41-9-11-42(68)12-10-41)37-59(57)86-31-7-3-5-27-74-61(79)39-90-91-40-62(80)75-28-6-4-8-32-87-60-38-52-48(36-58(60)85-2)54(22-30-73-52)89-56-20-18-46(34-50(56)71)78-65(83)67(25-26-67)64(82)76-44-15-13-43(69)14-16-44/h9-22,29-30,33-38H,3-8,23-28,31-32,39-40H2,1-2H3,(H,74,79)(H,75,80)(H,76,82)(H,77,81)(H,78,83). The number of pyridine rings is 2. The van der Waals surface area contributed by atoms with Crippen LogP contribution in [0.3, 0.4) is 0 Å². The monoisotopic (exact) mass is 1280 g/mol. The first kappa shape index (κ1) is 64.7. The zero-order valence-corrected chi connectivity index (χ0v) is 51.4. The maximum atomic E-state index is 15.5. The molecule has 0 spiro atoms. The SMILES string of the molecule is COc1cc2c(Oc3ccc(NC(=O)C4(C(=O)Nc5ccc(F)cc5)CC4)cc3F)ccnc2cc1OCCCCCNC(=O)CSSCC(=O)NCCCCCOc1cc2nccc(Oc3ccc(NC(=O)C4(c5ccc(F)cc5)CC4)cc3F)c2cc1OC. The number of halogens is 4. The van der Waals surface area contributed by atoms with Crippen molar-refractivity contribution in [1.82, 2.24) is 20.6 Å². The van der Waals surface area contributed by atoms with Crippen LogP contribution in [-0.2, 0) is 29.4 Å². The van der Waals surface area contributed by atoms with Crippen LogP contribution in [0.25, 0.3) is 21.8 Å². The Morgan fingerprint density at radius 2 is 0.901 bits per heavy atom. The quantitative estimate of drug-likeness (QED) is 0.0114. The lowest BCUT2D eigenvalue weighted by Crippen LogP contribution is -2.35. The molecule has 91 heavy (non-hydrogen) atoms. The van der Waals surface area contributed by atoms with Gasteiger partial charge in [-0.05, 0) is 155 Å². The molecule has 5 amide bonds. The molecule has 2 aromatic heterocycles. The van der Waals surface area contributed by atoms with Gasteiger partial charge in [-0.1, -0.05) is 33.7 Å². The van der Waals surface area contributed by atoms with Crippen LogP contribution in [0.2, 0.25) is 0 Å². The minimum absolute atomic E-state index is 0.0611. The summed E-state index contributed by atoms with van der Waals surface area (Å²) in [5.41, 5.74) is 0.401. The molecule has 8 aromatic rings. The highest BCUT2D eigenvalue weighted by atomic mass is 33.1. The molecule has 0 atom stereocenters. The second kappa shape index (κ2) is 30.0. The van der Waals surface area contributed by atoms with Gasteiger partial charge in [-0.3, -0.25) is 33.9 Å². The Bertz CT molecular complexity index is 3960. The lowest BCUT2D eigenvalue weighted by atomic mass is 9.95. The smallest absolute Gasteiger partial charge is 0.240 e. The zero-order chi connectivity index (χ0) is 63.9. The molecule has 2 saturated carbocycles. The molecule has 6 aromatic carbocycles. The molecular weight excluding hydrogens is 1220 g/mol. The van der Waals surface area contributed by atoms with Gasteiger partial charge in [0.2, 0.25) is 29.5 Å². The number of nitrogens with one attached hydrogen (secondary N) is 5. The van der Waals surface area contributed by atoms with Gasteiger partial charge in [0.15, 0.2) is 46.1 Å². The fraction of sp³-hybridized carbons (Fsp3) is 0.299. The highest BCUT2D eigenvalue weighted by molar-refractivity contribution is 8.77. The van der Waals surface area contributed by atoms with Crippen molar-refractivity contribution in [2.75, 3.05) is 68.0 Å². The van der Waals surface area contributed by atoms with E-state index in [1.54, 1.807) is 60.8 Å². The van der Waals surface area contributed by atoms with Crippen LogP contribution in [0.4, 0.5) is 34.6 Å². The van der Waals surface area contributed by atoms with E-state index < -0.39 is 40.1 Å². The molecule has 2 fully saturated rings. The van der Waals surface area contributed by atoms with Crippen molar-refractivity contribution < 1.29 is 70.0 Å². The summed E-state index contributed by atoms with van der Waals surface area (Å²) in [7, 11) is 5.63.